The summed E-state index contributed by atoms with van der Waals surface area (Å²) >= 11 is 1.53. The minimum absolute atomic E-state index is 0.00279. The van der Waals surface area contributed by atoms with E-state index in [1.54, 1.807) is 7.11 Å². The number of hydrogen-bond acceptors (Lipinski definition) is 8. The van der Waals surface area contributed by atoms with Gasteiger partial charge in [0.1, 0.15) is 5.82 Å². The third-order valence-corrected chi connectivity index (χ3v) is 7.65. The second kappa shape index (κ2) is 10.9. The van der Waals surface area contributed by atoms with Gasteiger partial charge in [0.05, 0.1) is 35.1 Å². The molecule has 2 aliphatic rings. The molecule has 1 fully saturated rings. The number of aliphatic hydroxyl groups excluding tert-OH is 1. The van der Waals surface area contributed by atoms with Gasteiger partial charge in [-0.05, 0) is 50.0 Å². The topological polar surface area (TPSA) is 99.6 Å². The Morgan fingerprint density at radius 3 is 3.06 bits per heavy atom. The predicted octanol–water partition coefficient (Wildman–Crippen LogP) is 3.22. The molecular formula is C26H31N5O3S. The number of benzene rings is 1. The Morgan fingerprint density at radius 2 is 2.17 bits per heavy atom. The SMILES string of the molecule is COc1ccc2cccc(C(O)CN3CCCC(CNCc4ccc5c(n4)NC(=O)CS5)C3)c2n1. The van der Waals surface area contributed by atoms with Gasteiger partial charge < -0.3 is 25.4 Å². The lowest BCUT2D eigenvalue weighted by atomic mass is 9.96. The first-order valence-electron chi connectivity index (χ1n) is 12.1. The number of fused-ring (bicyclic) bond motifs is 2. The maximum atomic E-state index is 11.6. The van der Waals surface area contributed by atoms with Gasteiger partial charge in [-0.15, -0.1) is 11.8 Å². The van der Waals surface area contributed by atoms with Gasteiger partial charge in [-0.1, -0.05) is 18.2 Å². The average molecular weight is 494 g/mol. The van der Waals surface area contributed by atoms with Crippen LogP contribution >= 0.6 is 11.8 Å². The summed E-state index contributed by atoms with van der Waals surface area (Å²) in [6.45, 7) is 4.06. The average Bonchev–Trinajstić information content (AvgIpc) is 2.88. The van der Waals surface area contributed by atoms with Gasteiger partial charge in [-0.25, -0.2) is 9.97 Å². The highest BCUT2D eigenvalue weighted by Gasteiger charge is 2.23. The molecular weight excluding hydrogens is 462 g/mol. The van der Waals surface area contributed by atoms with Crippen molar-refractivity contribution in [2.75, 3.05) is 44.4 Å². The number of nitrogens with zero attached hydrogens (tertiary/aromatic N) is 3. The zero-order valence-corrected chi connectivity index (χ0v) is 20.7. The number of rotatable bonds is 8. The normalized spacial score (nSPS) is 19.3. The summed E-state index contributed by atoms with van der Waals surface area (Å²) in [5.74, 6) is 2.18. The number of anilines is 1. The molecule has 8 nitrogen and oxygen atoms in total. The number of thioether (sulfide) groups is 1. The van der Waals surface area contributed by atoms with Gasteiger partial charge >= 0.3 is 0 Å². The molecule has 2 aromatic heterocycles. The minimum atomic E-state index is -0.613. The van der Waals surface area contributed by atoms with Crippen molar-refractivity contribution in [1.29, 1.82) is 0 Å². The van der Waals surface area contributed by atoms with Crippen molar-refractivity contribution in [2.45, 2.75) is 30.4 Å². The fourth-order valence-electron chi connectivity index (χ4n) is 4.87. The molecule has 3 N–H and O–H groups in total. The number of aromatic nitrogens is 2. The molecule has 1 saturated heterocycles. The molecule has 1 amide bonds. The monoisotopic (exact) mass is 493 g/mol. The largest absolute Gasteiger partial charge is 0.481 e. The summed E-state index contributed by atoms with van der Waals surface area (Å²) < 4.78 is 5.29. The van der Waals surface area contributed by atoms with E-state index in [2.05, 4.69) is 25.5 Å². The zero-order chi connectivity index (χ0) is 24.2. The molecule has 0 spiro atoms. The Labute approximate surface area is 209 Å². The number of amides is 1. The highest BCUT2D eigenvalue weighted by atomic mass is 32.2. The van der Waals surface area contributed by atoms with Crippen LogP contribution in [-0.2, 0) is 11.3 Å². The van der Waals surface area contributed by atoms with Crippen LogP contribution in [0.4, 0.5) is 5.82 Å². The smallest absolute Gasteiger partial charge is 0.235 e. The first-order chi connectivity index (χ1) is 17.1. The number of para-hydroxylation sites is 1. The Hall–Kier alpha value is -2.72. The van der Waals surface area contributed by atoms with Gasteiger partial charge in [-0.3, -0.25) is 4.79 Å². The van der Waals surface area contributed by atoms with Crippen LogP contribution in [-0.4, -0.2) is 64.9 Å². The summed E-state index contributed by atoms with van der Waals surface area (Å²) in [5.41, 5.74) is 2.56. The molecule has 3 aromatic rings. The van der Waals surface area contributed by atoms with E-state index in [1.807, 2.05) is 42.5 Å². The van der Waals surface area contributed by atoms with E-state index in [4.69, 9.17) is 4.74 Å². The molecule has 2 unspecified atom stereocenters. The number of carbonyl (C=O) groups is 1. The predicted molar refractivity (Wildman–Crippen MR) is 138 cm³/mol. The fraction of sp³-hybridized carbons (Fsp3) is 0.423. The van der Waals surface area contributed by atoms with E-state index < -0.39 is 6.10 Å². The van der Waals surface area contributed by atoms with E-state index in [9.17, 15) is 9.90 Å². The summed E-state index contributed by atoms with van der Waals surface area (Å²) in [4.78, 5) is 24.2. The standard InChI is InChI=1S/C26H31N5O3S/c1-34-24-10-7-18-5-2-6-20(25(18)30-24)21(32)15-31-11-3-4-17(14-31)12-27-13-19-8-9-22-26(28-19)29-23(33)16-35-22/h2,5-10,17,21,27,32H,3-4,11-16H2,1H3,(H,28,29,33). The number of pyridine rings is 2. The van der Waals surface area contributed by atoms with Crippen molar-refractivity contribution in [1.82, 2.24) is 20.2 Å². The molecule has 2 atom stereocenters. The van der Waals surface area contributed by atoms with Crippen molar-refractivity contribution in [3.63, 3.8) is 0 Å². The highest BCUT2D eigenvalue weighted by Crippen LogP contribution is 2.30. The van der Waals surface area contributed by atoms with Crippen molar-refractivity contribution < 1.29 is 14.6 Å². The number of aliphatic hydroxyl groups is 1. The molecule has 9 heteroatoms. The summed E-state index contributed by atoms with van der Waals surface area (Å²) in [6, 6.07) is 13.8. The number of nitrogens with one attached hydrogen (secondary N) is 2. The molecule has 2 aliphatic heterocycles. The second-order valence-corrected chi connectivity index (χ2v) is 10.2. The van der Waals surface area contributed by atoms with Crippen molar-refractivity contribution in [3.05, 3.63) is 53.7 Å². The minimum Gasteiger partial charge on any atom is -0.481 e. The van der Waals surface area contributed by atoms with E-state index in [0.29, 0.717) is 36.5 Å². The van der Waals surface area contributed by atoms with E-state index >= 15 is 0 Å². The van der Waals surface area contributed by atoms with Crippen LogP contribution in [0.5, 0.6) is 5.88 Å². The molecule has 5 rings (SSSR count). The lowest BCUT2D eigenvalue weighted by molar-refractivity contribution is -0.113. The Morgan fingerprint density at radius 1 is 1.26 bits per heavy atom. The van der Waals surface area contributed by atoms with Crippen molar-refractivity contribution in [2.24, 2.45) is 5.92 Å². The van der Waals surface area contributed by atoms with Crippen LogP contribution < -0.4 is 15.4 Å². The lowest BCUT2D eigenvalue weighted by Crippen LogP contribution is -2.41. The lowest BCUT2D eigenvalue weighted by Gasteiger charge is -2.34. The molecule has 0 saturated carbocycles. The van der Waals surface area contributed by atoms with E-state index in [0.717, 1.165) is 59.5 Å². The Kier molecular flexibility index (Phi) is 7.48. The van der Waals surface area contributed by atoms with E-state index in [1.165, 1.54) is 11.8 Å². The molecule has 0 bridgehead atoms. The van der Waals surface area contributed by atoms with Gasteiger partial charge in [0.15, 0.2) is 0 Å². The number of likely N-dealkylation sites (tertiary alicyclic amines) is 1. The third-order valence-electron chi connectivity index (χ3n) is 6.60. The van der Waals surface area contributed by atoms with Gasteiger partial charge in [-0.2, -0.15) is 0 Å². The summed E-state index contributed by atoms with van der Waals surface area (Å²) in [7, 11) is 1.60. The number of piperidine rings is 1. The summed E-state index contributed by atoms with van der Waals surface area (Å²) in [5, 5.41) is 18.5. The van der Waals surface area contributed by atoms with Crippen LogP contribution in [0.15, 0.2) is 47.4 Å². The molecule has 0 radical (unpaired) electrons. The quantitative estimate of drug-likeness (QED) is 0.440. The van der Waals surface area contributed by atoms with Gasteiger partial charge in [0, 0.05) is 36.7 Å². The fourth-order valence-corrected chi connectivity index (χ4v) is 5.62. The van der Waals surface area contributed by atoms with Crippen LogP contribution in [0.2, 0.25) is 0 Å². The van der Waals surface area contributed by atoms with E-state index in [-0.39, 0.29) is 5.91 Å². The number of β-amino-alcohol motifs (C(OH)–C–C–N with tert-alkyl or cyclic N) is 1. The maximum Gasteiger partial charge on any atom is 0.235 e. The number of ether oxygens (including phenoxy) is 1. The van der Waals surface area contributed by atoms with Gasteiger partial charge in [0.2, 0.25) is 11.8 Å². The molecule has 4 heterocycles. The number of methoxy groups -OCH3 is 1. The van der Waals surface area contributed by atoms with Crippen LogP contribution in [0.25, 0.3) is 10.9 Å². The molecule has 1 aromatic carbocycles. The molecule has 184 valence electrons. The Bertz CT molecular complexity index is 1210. The molecule has 35 heavy (non-hydrogen) atoms. The third kappa shape index (κ3) is 5.75. The first kappa shape index (κ1) is 24.0. The Balaban J connectivity index is 1.15. The highest BCUT2D eigenvalue weighted by molar-refractivity contribution is 8.00. The zero-order valence-electron chi connectivity index (χ0n) is 19.9. The molecule has 0 aliphatic carbocycles. The van der Waals surface area contributed by atoms with Gasteiger partial charge in [0.25, 0.3) is 0 Å². The number of hydrogen-bond donors (Lipinski definition) is 3. The second-order valence-electron chi connectivity index (χ2n) is 9.17. The van der Waals surface area contributed by atoms with Crippen LogP contribution in [0.3, 0.4) is 0 Å². The summed E-state index contributed by atoms with van der Waals surface area (Å²) in [6.07, 6.45) is 1.66. The van der Waals surface area contributed by atoms with Crippen molar-refractivity contribution >= 4 is 34.4 Å². The van der Waals surface area contributed by atoms with Crippen LogP contribution in [0, 0.1) is 5.92 Å². The first-order valence-corrected chi connectivity index (χ1v) is 13.0. The van der Waals surface area contributed by atoms with Crippen molar-refractivity contribution in [3.8, 4) is 5.88 Å². The maximum absolute atomic E-state index is 11.6. The van der Waals surface area contributed by atoms with Crippen LogP contribution in [0.1, 0.15) is 30.2 Å². The number of carbonyl (C=O) groups excluding carboxylic acids is 1.